The van der Waals surface area contributed by atoms with Crippen LogP contribution in [0, 0.1) is 0 Å². The normalized spacial score (nSPS) is 10.4. The van der Waals surface area contributed by atoms with Gasteiger partial charge in [-0.1, -0.05) is 34.4 Å². The molecule has 9 heteroatoms. The fourth-order valence-electron chi connectivity index (χ4n) is 2.04. The Morgan fingerprint density at radius 3 is 2.73 bits per heavy atom. The van der Waals surface area contributed by atoms with E-state index >= 15 is 0 Å². The first-order chi connectivity index (χ1) is 12.5. The average Bonchev–Trinajstić information content (AvgIpc) is 3.08. The molecular weight excluding hydrogens is 381 g/mol. The molecular formula is C17H13Cl2N3O4. The Hall–Kier alpha value is -2.77. The van der Waals surface area contributed by atoms with Gasteiger partial charge in [-0.2, -0.15) is 0 Å². The van der Waals surface area contributed by atoms with Gasteiger partial charge in [0.15, 0.2) is 6.61 Å². The zero-order valence-corrected chi connectivity index (χ0v) is 15.0. The Morgan fingerprint density at radius 1 is 1.15 bits per heavy atom. The molecule has 0 spiro atoms. The van der Waals surface area contributed by atoms with E-state index in [2.05, 4.69) is 15.5 Å². The van der Waals surface area contributed by atoms with E-state index in [1.807, 2.05) is 0 Å². The Balaban J connectivity index is 1.60. The number of halogens is 2. The van der Waals surface area contributed by atoms with Gasteiger partial charge < -0.3 is 13.9 Å². The summed E-state index contributed by atoms with van der Waals surface area (Å²) in [7, 11) is 1.55. The Kier molecular flexibility index (Phi) is 5.60. The molecule has 3 rings (SSSR count). The summed E-state index contributed by atoms with van der Waals surface area (Å²) >= 11 is 11.9. The van der Waals surface area contributed by atoms with E-state index in [1.54, 1.807) is 49.6 Å². The molecule has 1 heterocycles. The molecule has 0 saturated heterocycles. The van der Waals surface area contributed by atoms with Gasteiger partial charge >= 0.3 is 6.01 Å². The summed E-state index contributed by atoms with van der Waals surface area (Å²) in [6.45, 7) is -0.230. The number of aromatic nitrogens is 2. The van der Waals surface area contributed by atoms with Crippen LogP contribution in [-0.4, -0.2) is 29.8 Å². The molecule has 0 saturated carbocycles. The monoisotopic (exact) mass is 393 g/mol. The van der Waals surface area contributed by atoms with E-state index in [4.69, 9.17) is 37.1 Å². The Bertz CT molecular complexity index is 930. The number of nitrogens with one attached hydrogen (secondary N) is 1. The van der Waals surface area contributed by atoms with Crippen molar-refractivity contribution < 1.29 is 18.7 Å². The number of benzene rings is 2. The van der Waals surface area contributed by atoms with Gasteiger partial charge in [-0.3, -0.25) is 10.1 Å². The first kappa shape index (κ1) is 18.0. The van der Waals surface area contributed by atoms with E-state index in [-0.39, 0.29) is 18.5 Å². The van der Waals surface area contributed by atoms with E-state index in [0.717, 1.165) is 0 Å². The van der Waals surface area contributed by atoms with Crippen molar-refractivity contribution in [2.45, 2.75) is 0 Å². The number of amides is 1. The van der Waals surface area contributed by atoms with E-state index < -0.39 is 5.91 Å². The summed E-state index contributed by atoms with van der Waals surface area (Å²) in [4.78, 5) is 12.0. The van der Waals surface area contributed by atoms with Crippen LogP contribution < -0.4 is 14.8 Å². The van der Waals surface area contributed by atoms with Crippen LogP contribution in [-0.2, 0) is 4.79 Å². The topological polar surface area (TPSA) is 86.5 Å². The molecule has 0 radical (unpaired) electrons. The van der Waals surface area contributed by atoms with Gasteiger partial charge in [0.05, 0.1) is 17.7 Å². The molecule has 0 atom stereocenters. The largest absolute Gasteiger partial charge is 0.497 e. The predicted octanol–water partition coefficient (Wildman–Crippen LogP) is 4.07. The van der Waals surface area contributed by atoms with Crippen LogP contribution in [0.3, 0.4) is 0 Å². The van der Waals surface area contributed by atoms with Gasteiger partial charge in [0.2, 0.25) is 0 Å². The fourth-order valence-corrected chi connectivity index (χ4v) is 2.53. The molecule has 3 aromatic rings. The lowest BCUT2D eigenvalue weighted by molar-refractivity contribution is -0.118. The second-order valence-corrected chi connectivity index (χ2v) is 5.90. The number of carbonyl (C=O) groups is 1. The van der Waals surface area contributed by atoms with Crippen molar-refractivity contribution in [1.82, 2.24) is 10.2 Å². The quantitative estimate of drug-likeness (QED) is 0.678. The average molecular weight is 394 g/mol. The number of rotatable bonds is 6. The summed E-state index contributed by atoms with van der Waals surface area (Å²) in [6.07, 6.45) is 0. The first-order valence-electron chi connectivity index (χ1n) is 7.41. The van der Waals surface area contributed by atoms with Gasteiger partial charge in [-0.15, -0.1) is 5.10 Å². The predicted molar refractivity (Wildman–Crippen MR) is 96.9 cm³/mol. The zero-order chi connectivity index (χ0) is 18.5. The van der Waals surface area contributed by atoms with E-state index in [1.165, 1.54) is 0 Å². The van der Waals surface area contributed by atoms with Crippen molar-refractivity contribution >= 4 is 35.1 Å². The molecule has 0 aliphatic heterocycles. The van der Waals surface area contributed by atoms with E-state index in [0.29, 0.717) is 27.1 Å². The second kappa shape index (κ2) is 8.07. The highest BCUT2D eigenvalue weighted by Gasteiger charge is 2.14. The highest BCUT2D eigenvalue weighted by Crippen LogP contribution is 2.30. The van der Waals surface area contributed by atoms with Gasteiger partial charge in [0.25, 0.3) is 11.8 Å². The third kappa shape index (κ3) is 4.44. The van der Waals surface area contributed by atoms with Gasteiger partial charge in [-0.05, 0) is 30.3 Å². The Morgan fingerprint density at radius 2 is 1.96 bits per heavy atom. The summed E-state index contributed by atoms with van der Waals surface area (Å²) in [5.41, 5.74) is 0.511. The molecule has 0 unspecified atom stereocenters. The van der Waals surface area contributed by atoms with Crippen LogP contribution in [0.4, 0.5) is 6.01 Å². The zero-order valence-electron chi connectivity index (χ0n) is 13.5. The van der Waals surface area contributed by atoms with Crippen molar-refractivity contribution in [3.05, 3.63) is 52.5 Å². The molecule has 7 nitrogen and oxygen atoms in total. The summed E-state index contributed by atoms with van der Waals surface area (Å²) in [5, 5.41) is 10.9. The maximum Gasteiger partial charge on any atom is 0.322 e. The highest BCUT2D eigenvalue weighted by molar-refractivity contribution is 6.36. The second-order valence-electron chi connectivity index (χ2n) is 5.05. The molecule has 0 fully saturated rings. The van der Waals surface area contributed by atoms with E-state index in [9.17, 15) is 4.79 Å². The van der Waals surface area contributed by atoms with Crippen molar-refractivity contribution in [3.8, 4) is 23.0 Å². The van der Waals surface area contributed by atoms with Crippen molar-refractivity contribution in [3.63, 3.8) is 0 Å². The van der Waals surface area contributed by atoms with Crippen molar-refractivity contribution in [1.29, 1.82) is 0 Å². The number of ether oxygens (including phenoxy) is 2. The molecule has 2 aromatic carbocycles. The molecule has 1 aromatic heterocycles. The molecule has 1 N–H and O–H groups in total. The minimum Gasteiger partial charge on any atom is -0.497 e. The molecule has 0 bridgehead atoms. The number of hydrogen-bond acceptors (Lipinski definition) is 6. The SMILES string of the molecule is COc1cccc(OCC(=O)Nc2nnc(-c3ccc(Cl)cc3Cl)o2)c1. The van der Waals surface area contributed by atoms with Crippen LogP contribution >= 0.6 is 23.2 Å². The van der Waals surface area contributed by atoms with Gasteiger partial charge in [0.1, 0.15) is 11.5 Å². The lowest BCUT2D eigenvalue weighted by Gasteiger charge is -2.06. The van der Waals surface area contributed by atoms with Crippen molar-refractivity contribution in [2.24, 2.45) is 0 Å². The van der Waals surface area contributed by atoms with Crippen LogP contribution in [0.15, 0.2) is 46.9 Å². The maximum absolute atomic E-state index is 12.0. The first-order valence-corrected chi connectivity index (χ1v) is 8.16. The lowest BCUT2D eigenvalue weighted by atomic mass is 10.2. The number of carbonyl (C=O) groups excluding carboxylic acids is 1. The van der Waals surface area contributed by atoms with Crippen LogP contribution in [0.2, 0.25) is 10.0 Å². The van der Waals surface area contributed by atoms with Gasteiger partial charge in [-0.25, -0.2) is 0 Å². The number of anilines is 1. The number of hydrogen-bond donors (Lipinski definition) is 1. The summed E-state index contributed by atoms with van der Waals surface area (Å²) in [5.74, 6) is 0.837. The number of methoxy groups -OCH3 is 1. The Labute approximate surface area is 158 Å². The van der Waals surface area contributed by atoms with Crippen LogP contribution in [0.25, 0.3) is 11.5 Å². The molecule has 134 valence electrons. The smallest absolute Gasteiger partial charge is 0.322 e. The lowest BCUT2D eigenvalue weighted by Crippen LogP contribution is -2.20. The molecule has 0 aliphatic carbocycles. The van der Waals surface area contributed by atoms with Crippen LogP contribution in [0.1, 0.15) is 0 Å². The highest BCUT2D eigenvalue weighted by atomic mass is 35.5. The number of nitrogens with zero attached hydrogens (tertiary/aromatic N) is 2. The molecule has 0 aliphatic rings. The molecule has 26 heavy (non-hydrogen) atoms. The third-order valence-corrected chi connectivity index (χ3v) is 3.79. The fraction of sp³-hybridized carbons (Fsp3) is 0.118. The van der Waals surface area contributed by atoms with Crippen LogP contribution in [0.5, 0.6) is 11.5 Å². The molecule has 1 amide bonds. The third-order valence-electron chi connectivity index (χ3n) is 3.24. The summed E-state index contributed by atoms with van der Waals surface area (Å²) < 4.78 is 15.9. The standard InChI is InChI=1S/C17H13Cl2N3O4/c1-24-11-3-2-4-12(8-11)25-9-15(23)20-17-22-21-16(26-17)13-6-5-10(18)7-14(13)19/h2-8H,9H2,1H3,(H,20,22,23). The maximum atomic E-state index is 12.0. The van der Waals surface area contributed by atoms with Crippen molar-refractivity contribution in [2.75, 3.05) is 19.0 Å². The minimum absolute atomic E-state index is 0.0646. The van der Waals surface area contributed by atoms with Gasteiger partial charge in [0, 0.05) is 11.1 Å². The minimum atomic E-state index is -0.453. The summed E-state index contributed by atoms with van der Waals surface area (Å²) in [6, 6.07) is 11.7.